The zero-order valence-corrected chi connectivity index (χ0v) is 14.7. The number of carbonyl (C=O) groups is 1. The minimum atomic E-state index is -0.334. The van der Waals surface area contributed by atoms with Gasteiger partial charge in [0.25, 0.3) is 0 Å². The third kappa shape index (κ3) is 3.53. The molecule has 0 aliphatic carbocycles. The standard InChI is InChI=1S/C19H17F2N3OS/c20-13-3-6-15(7-4-13)22-18(25)12-2-1-9-24(11-12)19-23-16-8-5-14(21)10-17(16)26-19/h3-8,10,12H,1-2,9,11H2,(H,22,25). The molecule has 0 bridgehead atoms. The monoisotopic (exact) mass is 373 g/mol. The van der Waals surface area contributed by atoms with E-state index in [9.17, 15) is 13.6 Å². The summed E-state index contributed by atoms with van der Waals surface area (Å²) in [6.45, 7) is 1.39. The minimum absolute atomic E-state index is 0.0755. The molecule has 1 aliphatic rings. The molecule has 7 heteroatoms. The predicted octanol–water partition coefficient (Wildman–Crippen LogP) is 4.43. The Bertz CT molecular complexity index is 942. The quantitative estimate of drug-likeness (QED) is 0.739. The van der Waals surface area contributed by atoms with Gasteiger partial charge in [-0.25, -0.2) is 13.8 Å². The molecule has 3 aromatic rings. The van der Waals surface area contributed by atoms with Crippen LogP contribution in [0.25, 0.3) is 10.2 Å². The number of hydrogen-bond acceptors (Lipinski definition) is 4. The molecule has 2 aromatic carbocycles. The molecule has 0 spiro atoms. The summed E-state index contributed by atoms with van der Waals surface area (Å²) >= 11 is 1.44. The Hall–Kier alpha value is -2.54. The van der Waals surface area contributed by atoms with Crippen molar-refractivity contribution in [1.29, 1.82) is 0 Å². The Labute approximate surface area is 153 Å². The molecule has 2 heterocycles. The summed E-state index contributed by atoms with van der Waals surface area (Å²) in [6, 6.07) is 10.3. The van der Waals surface area contributed by atoms with Gasteiger partial charge in [0.2, 0.25) is 5.91 Å². The summed E-state index contributed by atoms with van der Waals surface area (Å²) in [5.41, 5.74) is 1.35. The molecular formula is C19H17F2N3OS. The van der Waals surface area contributed by atoms with E-state index in [-0.39, 0.29) is 23.5 Å². The highest BCUT2D eigenvalue weighted by molar-refractivity contribution is 7.22. The van der Waals surface area contributed by atoms with Crippen LogP contribution in [0.2, 0.25) is 0 Å². The van der Waals surface area contributed by atoms with E-state index in [1.54, 1.807) is 18.2 Å². The van der Waals surface area contributed by atoms with Gasteiger partial charge in [-0.1, -0.05) is 11.3 Å². The summed E-state index contributed by atoms with van der Waals surface area (Å²) in [4.78, 5) is 19.2. The van der Waals surface area contributed by atoms with E-state index in [4.69, 9.17) is 0 Å². The average Bonchev–Trinajstić information content (AvgIpc) is 3.07. The smallest absolute Gasteiger partial charge is 0.229 e. The van der Waals surface area contributed by atoms with Gasteiger partial charge in [0.15, 0.2) is 5.13 Å². The number of nitrogens with zero attached hydrogens (tertiary/aromatic N) is 2. The first-order chi connectivity index (χ1) is 12.6. The Morgan fingerprint density at radius 2 is 1.92 bits per heavy atom. The number of amides is 1. The number of halogens is 2. The maximum Gasteiger partial charge on any atom is 0.229 e. The van der Waals surface area contributed by atoms with Crippen LogP contribution < -0.4 is 10.2 Å². The first-order valence-electron chi connectivity index (χ1n) is 8.46. The number of anilines is 2. The fraction of sp³-hybridized carbons (Fsp3) is 0.263. The second-order valence-electron chi connectivity index (χ2n) is 6.39. The van der Waals surface area contributed by atoms with Crippen molar-refractivity contribution in [2.24, 2.45) is 5.92 Å². The number of hydrogen-bond donors (Lipinski definition) is 1. The number of thiazole rings is 1. The van der Waals surface area contributed by atoms with E-state index in [2.05, 4.69) is 15.2 Å². The maximum absolute atomic E-state index is 13.4. The molecule has 4 rings (SSSR count). The van der Waals surface area contributed by atoms with Crippen molar-refractivity contribution in [3.8, 4) is 0 Å². The number of rotatable bonds is 3. The van der Waals surface area contributed by atoms with E-state index in [1.165, 1.54) is 35.6 Å². The molecular weight excluding hydrogens is 356 g/mol. The van der Waals surface area contributed by atoms with E-state index in [1.807, 2.05) is 0 Å². The Morgan fingerprint density at radius 1 is 1.15 bits per heavy atom. The number of aromatic nitrogens is 1. The van der Waals surface area contributed by atoms with Crippen molar-refractivity contribution in [3.05, 3.63) is 54.1 Å². The first-order valence-corrected chi connectivity index (χ1v) is 9.27. The summed E-state index contributed by atoms with van der Waals surface area (Å²) < 4.78 is 27.2. The van der Waals surface area contributed by atoms with Gasteiger partial charge in [0, 0.05) is 18.8 Å². The molecule has 4 nitrogen and oxygen atoms in total. The molecule has 1 fully saturated rings. The number of benzene rings is 2. The molecule has 1 unspecified atom stereocenters. The van der Waals surface area contributed by atoms with Gasteiger partial charge in [-0.2, -0.15) is 0 Å². The van der Waals surface area contributed by atoms with Gasteiger partial charge in [-0.15, -0.1) is 0 Å². The fourth-order valence-corrected chi connectivity index (χ4v) is 4.19. The van der Waals surface area contributed by atoms with Crippen molar-refractivity contribution in [1.82, 2.24) is 4.98 Å². The molecule has 1 amide bonds. The lowest BCUT2D eigenvalue weighted by Gasteiger charge is -2.31. The number of carbonyl (C=O) groups excluding carboxylic acids is 1. The lowest BCUT2D eigenvalue weighted by atomic mass is 9.97. The highest BCUT2D eigenvalue weighted by Crippen LogP contribution is 2.32. The van der Waals surface area contributed by atoms with Crippen LogP contribution in [0, 0.1) is 17.6 Å². The molecule has 0 saturated carbocycles. The van der Waals surface area contributed by atoms with Gasteiger partial charge < -0.3 is 10.2 Å². The maximum atomic E-state index is 13.4. The van der Waals surface area contributed by atoms with Gasteiger partial charge >= 0.3 is 0 Å². The normalized spacial score (nSPS) is 17.5. The highest BCUT2D eigenvalue weighted by atomic mass is 32.1. The molecule has 1 N–H and O–H groups in total. The molecule has 1 aromatic heterocycles. The van der Waals surface area contributed by atoms with Crippen molar-refractivity contribution in [3.63, 3.8) is 0 Å². The van der Waals surface area contributed by atoms with Gasteiger partial charge in [0.05, 0.1) is 16.1 Å². The molecule has 1 aliphatic heterocycles. The van der Waals surface area contributed by atoms with Crippen molar-refractivity contribution in [2.45, 2.75) is 12.8 Å². The molecule has 0 radical (unpaired) electrons. The number of fused-ring (bicyclic) bond motifs is 1. The highest BCUT2D eigenvalue weighted by Gasteiger charge is 2.27. The minimum Gasteiger partial charge on any atom is -0.347 e. The van der Waals surface area contributed by atoms with Crippen LogP contribution in [0.4, 0.5) is 19.6 Å². The van der Waals surface area contributed by atoms with Crippen LogP contribution in [0.15, 0.2) is 42.5 Å². The lowest BCUT2D eigenvalue weighted by Crippen LogP contribution is -2.40. The molecule has 1 atom stereocenters. The van der Waals surface area contributed by atoms with Crippen LogP contribution in [-0.4, -0.2) is 24.0 Å². The third-order valence-electron chi connectivity index (χ3n) is 4.51. The summed E-state index contributed by atoms with van der Waals surface area (Å²) in [5, 5.41) is 3.66. The Balaban J connectivity index is 1.47. The fourth-order valence-electron chi connectivity index (χ4n) is 3.16. The largest absolute Gasteiger partial charge is 0.347 e. The van der Waals surface area contributed by atoms with E-state index in [0.717, 1.165) is 34.7 Å². The van der Waals surface area contributed by atoms with Crippen LogP contribution >= 0.6 is 11.3 Å². The van der Waals surface area contributed by atoms with Crippen molar-refractivity contribution >= 4 is 38.3 Å². The van der Waals surface area contributed by atoms with E-state index < -0.39 is 0 Å². The second kappa shape index (κ2) is 6.99. The third-order valence-corrected chi connectivity index (χ3v) is 5.59. The Morgan fingerprint density at radius 3 is 2.73 bits per heavy atom. The van der Waals surface area contributed by atoms with Crippen LogP contribution in [0.3, 0.4) is 0 Å². The molecule has 134 valence electrons. The van der Waals surface area contributed by atoms with Gasteiger partial charge in [-0.05, 0) is 55.3 Å². The number of piperidine rings is 1. The molecule has 1 saturated heterocycles. The average molecular weight is 373 g/mol. The second-order valence-corrected chi connectivity index (χ2v) is 7.40. The predicted molar refractivity (Wildman–Crippen MR) is 99.5 cm³/mol. The summed E-state index contributed by atoms with van der Waals surface area (Å²) in [6.07, 6.45) is 1.68. The summed E-state index contributed by atoms with van der Waals surface area (Å²) in [7, 11) is 0. The zero-order chi connectivity index (χ0) is 18.1. The van der Waals surface area contributed by atoms with Crippen molar-refractivity contribution < 1.29 is 13.6 Å². The molecule has 26 heavy (non-hydrogen) atoms. The van der Waals surface area contributed by atoms with Crippen LogP contribution in [-0.2, 0) is 4.79 Å². The van der Waals surface area contributed by atoms with E-state index >= 15 is 0 Å². The topological polar surface area (TPSA) is 45.2 Å². The summed E-state index contributed by atoms with van der Waals surface area (Å²) in [5.74, 6) is -0.854. The van der Waals surface area contributed by atoms with E-state index in [0.29, 0.717) is 12.2 Å². The first kappa shape index (κ1) is 16.9. The van der Waals surface area contributed by atoms with Crippen molar-refractivity contribution in [2.75, 3.05) is 23.3 Å². The van der Waals surface area contributed by atoms with Crippen LogP contribution in [0.5, 0.6) is 0 Å². The SMILES string of the molecule is O=C(Nc1ccc(F)cc1)C1CCCN(c2nc3ccc(F)cc3s2)C1. The van der Waals surface area contributed by atoms with Gasteiger partial charge in [-0.3, -0.25) is 4.79 Å². The lowest BCUT2D eigenvalue weighted by molar-refractivity contribution is -0.120. The van der Waals surface area contributed by atoms with Crippen LogP contribution in [0.1, 0.15) is 12.8 Å². The Kier molecular flexibility index (Phi) is 4.55. The number of nitrogens with one attached hydrogen (secondary N) is 1. The van der Waals surface area contributed by atoms with Gasteiger partial charge in [0.1, 0.15) is 11.6 Å². The zero-order valence-electron chi connectivity index (χ0n) is 13.9.